The number of hydrogen-bond donors (Lipinski definition) is 3. The smallest absolute Gasteiger partial charge is 0.369 e. The SMILES string of the molecule is CC(Sc1nc(CC(=O)Nc2cccc(C(=O)Nc3cccc(C(F)(F)F)c3)c2)cs1)C(N)=O. The minimum Gasteiger partial charge on any atom is -0.369 e. The van der Waals surface area contributed by atoms with E-state index in [2.05, 4.69) is 15.6 Å². The third-order valence-electron chi connectivity index (χ3n) is 4.41. The van der Waals surface area contributed by atoms with Crippen LogP contribution >= 0.6 is 23.1 Å². The van der Waals surface area contributed by atoms with E-state index in [9.17, 15) is 27.6 Å². The fourth-order valence-corrected chi connectivity index (χ4v) is 4.65. The van der Waals surface area contributed by atoms with Crippen molar-refractivity contribution < 1.29 is 27.6 Å². The van der Waals surface area contributed by atoms with E-state index in [1.54, 1.807) is 24.4 Å². The van der Waals surface area contributed by atoms with Gasteiger partial charge < -0.3 is 16.4 Å². The second-order valence-corrected chi connectivity index (χ2v) is 9.55. The van der Waals surface area contributed by atoms with Crippen molar-refractivity contribution in [2.24, 2.45) is 5.73 Å². The Bertz CT molecular complexity index is 1210. The van der Waals surface area contributed by atoms with Crippen molar-refractivity contribution in [1.82, 2.24) is 4.98 Å². The average Bonchev–Trinajstić information content (AvgIpc) is 3.19. The lowest BCUT2D eigenvalue weighted by molar-refractivity contribution is -0.137. The summed E-state index contributed by atoms with van der Waals surface area (Å²) in [6.07, 6.45) is -4.55. The van der Waals surface area contributed by atoms with Crippen LogP contribution in [0, 0.1) is 0 Å². The molecular weight excluding hydrogens is 489 g/mol. The Morgan fingerprint density at radius 1 is 1.09 bits per heavy atom. The summed E-state index contributed by atoms with van der Waals surface area (Å²) in [5.74, 6) is -1.46. The van der Waals surface area contributed by atoms with Crippen molar-refractivity contribution in [3.05, 3.63) is 70.7 Å². The zero-order valence-corrected chi connectivity index (χ0v) is 19.3. The highest BCUT2D eigenvalue weighted by Crippen LogP contribution is 2.31. The van der Waals surface area contributed by atoms with Gasteiger partial charge in [0.2, 0.25) is 11.8 Å². The normalized spacial score (nSPS) is 12.1. The van der Waals surface area contributed by atoms with Crippen molar-refractivity contribution in [3.8, 4) is 0 Å². The van der Waals surface area contributed by atoms with Gasteiger partial charge in [-0.3, -0.25) is 14.4 Å². The summed E-state index contributed by atoms with van der Waals surface area (Å²) < 4.78 is 39.2. The van der Waals surface area contributed by atoms with Crippen LogP contribution in [-0.4, -0.2) is 28.0 Å². The van der Waals surface area contributed by atoms with Crippen molar-refractivity contribution in [1.29, 1.82) is 0 Å². The first-order valence-electron chi connectivity index (χ1n) is 9.80. The highest BCUT2D eigenvalue weighted by molar-refractivity contribution is 8.02. The van der Waals surface area contributed by atoms with E-state index < -0.39 is 28.8 Å². The Morgan fingerprint density at radius 3 is 2.44 bits per heavy atom. The van der Waals surface area contributed by atoms with E-state index in [-0.39, 0.29) is 23.6 Å². The van der Waals surface area contributed by atoms with Crippen LogP contribution in [0.1, 0.15) is 28.5 Å². The molecule has 0 bridgehead atoms. The van der Waals surface area contributed by atoms with Crippen molar-refractivity contribution in [3.63, 3.8) is 0 Å². The van der Waals surface area contributed by atoms with E-state index in [1.807, 2.05) is 0 Å². The summed E-state index contributed by atoms with van der Waals surface area (Å²) in [6.45, 7) is 1.66. The summed E-state index contributed by atoms with van der Waals surface area (Å²) in [4.78, 5) is 40.3. The second kappa shape index (κ2) is 10.7. The Balaban J connectivity index is 1.61. The van der Waals surface area contributed by atoms with Crippen LogP contribution in [0.3, 0.4) is 0 Å². The molecule has 178 valence electrons. The topological polar surface area (TPSA) is 114 Å². The van der Waals surface area contributed by atoms with Gasteiger partial charge in [0.15, 0.2) is 4.34 Å². The van der Waals surface area contributed by atoms with Gasteiger partial charge in [0.25, 0.3) is 5.91 Å². The van der Waals surface area contributed by atoms with Crippen LogP contribution in [-0.2, 0) is 22.2 Å². The summed E-state index contributed by atoms with van der Waals surface area (Å²) in [5, 5.41) is 6.34. The van der Waals surface area contributed by atoms with Gasteiger partial charge >= 0.3 is 6.18 Å². The van der Waals surface area contributed by atoms with Crippen LogP contribution in [0.4, 0.5) is 24.5 Å². The van der Waals surface area contributed by atoms with Crippen molar-refractivity contribution in [2.45, 2.75) is 29.1 Å². The number of aromatic nitrogens is 1. The van der Waals surface area contributed by atoms with Crippen molar-refractivity contribution in [2.75, 3.05) is 10.6 Å². The molecule has 0 saturated heterocycles. The summed E-state index contributed by atoms with van der Waals surface area (Å²) in [6, 6.07) is 10.3. The standard InChI is InChI=1S/C22H19F3N4O3S2/c1-12(19(26)31)34-21-29-17(11-33-21)10-18(30)27-15-6-2-4-13(8-15)20(32)28-16-7-3-5-14(9-16)22(23,24)25/h2-9,11-12H,10H2,1H3,(H2,26,31)(H,27,30)(H,28,32). The Labute approximate surface area is 201 Å². The number of nitrogens with one attached hydrogen (secondary N) is 2. The maximum Gasteiger partial charge on any atom is 0.416 e. The number of anilines is 2. The summed E-state index contributed by atoms with van der Waals surface area (Å²) in [5.41, 5.74) is 5.37. The Kier molecular flexibility index (Phi) is 7.94. The number of halogens is 3. The molecule has 2 aromatic carbocycles. The molecular formula is C22H19F3N4O3S2. The monoisotopic (exact) mass is 508 g/mol. The molecule has 3 aromatic rings. The maximum absolute atomic E-state index is 12.9. The quantitative estimate of drug-likeness (QED) is 0.386. The van der Waals surface area contributed by atoms with Gasteiger partial charge in [-0.1, -0.05) is 23.9 Å². The number of carbonyl (C=O) groups is 3. The lowest BCUT2D eigenvalue weighted by atomic mass is 10.1. The first-order chi connectivity index (χ1) is 16.0. The number of thioether (sulfide) groups is 1. The molecule has 0 aliphatic rings. The highest BCUT2D eigenvalue weighted by Gasteiger charge is 2.30. The van der Waals surface area contributed by atoms with Gasteiger partial charge in [0.05, 0.1) is 22.9 Å². The molecule has 0 radical (unpaired) electrons. The lowest BCUT2D eigenvalue weighted by Gasteiger charge is -2.11. The van der Waals surface area contributed by atoms with E-state index in [0.29, 0.717) is 15.7 Å². The van der Waals surface area contributed by atoms with E-state index in [4.69, 9.17) is 5.73 Å². The average molecular weight is 509 g/mol. The molecule has 0 aliphatic heterocycles. The van der Waals surface area contributed by atoms with Crippen LogP contribution in [0.5, 0.6) is 0 Å². The molecule has 12 heteroatoms. The van der Waals surface area contributed by atoms with E-state index in [1.165, 1.54) is 47.4 Å². The molecule has 0 spiro atoms. The molecule has 0 saturated carbocycles. The third-order valence-corrected chi connectivity index (χ3v) is 6.55. The van der Waals surface area contributed by atoms with Gasteiger partial charge in [-0.05, 0) is 43.3 Å². The molecule has 0 fully saturated rings. The molecule has 0 aliphatic carbocycles. The molecule has 34 heavy (non-hydrogen) atoms. The van der Waals surface area contributed by atoms with Crippen molar-refractivity contribution >= 4 is 52.2 Å². The third kappa shape index (κ3) is 7.06. The Hall–Kier alpha value is -3.38. The van der Waals surface area contributed by atoms with Gasteiger partial charge in [-0.25, -0.2) is 4.98 Å². The van der Waals surface area contributed by atoms with Crippen LogP contribution < -0.4 is 16.4 Å². The number of benzene rings is 2. The summed E-state index contributed by atoms with van der Waals surface area (Å²) >= 11 is 2.50. The lowest BCUT2D eigenvalue weighted by Crippen LogP contribution is -2.22. The number of hydrogen-bond acceptors (Lipinski definition) is 6. The Morgan fingerprint density at radius 2 is 1.76 bits per heavy atom. The number of primary amides is 1. The van der Waals surface area contributed by atoms with Gasteiger partial charge in [0.1, 0.15) is 0 Å². The first kappa shape index (κ1) is 25.2. The van der Waals surface area contributed by atoms with E-state index in [0.717, 1.165) is 12.1 Å². The first-order valence-corrected chi connectivity index (χ1v) is 11.6. The number of nitrogens with zero attached hydrogens (tertiary/aromatic N) is 1. The van der Waals surface area contributed by atoms with Crippen LogP contribution in [0.2, 0.25) is 0 Å². The second-order valence-electron chi connectivity index (χ2n) is 7.11. The van der Waals surface area contributed by atoms with E-state index >= 15 is 0 Å². The minimum atomic E-state index is -4.53. The molecule has 7 nitrogen and oxygen atoms in total. The zero-order valence-electron chi connectivity index (χ0n) is 17.7. The molecule has 3 amide bonds. The number of amides is 3. The highest BCUT2D eigenvalue weighted by atomic mass is 32.2. The fraction of sp³-hybridized carbons (Fsp3) is 0.182. The van der Waals surface area contributed by atoms with Crippen LogP contribution in [0.25, 0.3) is 0 Å². The number of thiazole rings is 1. The molecule has 3 rings (SSSR count). The number of rotatable bonds is 8. The number of nitrogens with two attached hydrogens (primary N) is 1. The minimum absolute atomic E-state index is 0.00266. The predicted molar refractivity (Wildman–Crippen MR) is 125 cm³/mol. The van der Waals surface area contributed by atoms with Gasteiger partial charge in [-0.15, -0.1) is 11.3 Å². The molecule has 1 aromatic heterocycles. The number of alkyl halides is 3. The maximum atomic E-state index is 12.9. The summed E-state index contributed by atoms with van der Waals surface area (Å²) in [7, 11) is 0. The predicted octanol–water partition coefficient (Wildman–Crippen LogP) is 4.56. The molecule has 1 heterocycles. The van der Waals surface area contributed by atoms with Crippen LogP contribution in [0.15, 0.2) is 58.3 Å². The van der Waals surface area contributed by atoms with Gasteiger partial charge in [-0.2, -0.15) is 13.2 Å². The zero-order chi connectivity index (χ0) is 24.9. The van der Waals surface area contributed by atoms with Gasteiger partial charge in [0, 0.05) is 22.3 Å². The fourth-order valence-electron chi connectivity index (χ4n) is 2.72. The molecule has 1 atom stereocenters. The molecule has 1 unspecified atom stereocenters. The number of carbonyl (C=O) groups excluding carboxylic acids is 3. The largest absolute Gasteiger partial charge is 0.416 e. The molecule has 4 N–H and O–H groups in total.